The molecule has 0 bridgehead atoms. The number of benzene rings is 1. The number of carboxylic acids is 1. The van der Waals surface area contributed by atoms with Gasteiger partial charge in [-0.3, -0.25) is 4.90 Å². The van der Waals surface area contributed by atoms with E-state index in [1.807, 2.05) is 4.90 Å². The van der Waals surface area contributed by atoms with E-state index in [9.17, 15) is 13.6 Å². The smallest absolute Gasteiger partial charge is 0.335 e. The largest absolute Gasteiger partial charge is 0.478 e. The molecule has 21 heavy (non-hydrogen) atoms. The van der Waals surface area contributed by atoms with Crippen molar-refractivity contribution in [3.8, 4) is 0 Å². The van der Waals surface area contributed by atoms with Gasteiger partial charge in [-0.1, -0.05) is 0 Å². The summed E-state index contributed by atoms with van der Waals surface area (Å²) < 4.78 is 28.1. The molecule has 1 aromatic rings. The molecule has 0 spiro atoms. The Morgan fingerprint density at radius 1 is 1.14 bits per heavy atom. The summed E-state index contributed by atoms with van der Waals surface area (Å²) in [5.74, 6) is -3.07. The van der Waals surface area contributed by atoms with E-state index < -0.39 is 23.2 Å². The quantitative estimate of drug-likeness (QED) is 0.874. The van der Waals surface area contributed by atoms with Gasteiger partial charge >= 0.3 is 5.97 Å². The average molecular weight is 300 g/mol. The molecule has 1 fully saturated rings. The Labute approximate surface area is 121 Å². The highest BCUT2D eigenvalue weighted by Gasteiger charge is 2.22. The number of rotatable bonds is 4. The number of aromatic carboxylic acids is 1. The van der Waals surface area contributed by atoms with Gasteiger partial charge in [-0.2, -0.15) is 0 Å². The SMILES string of the molecule is O=C(O)c1cc(F)c(N2CCCN(CCO)CC2)c(F)c1. The van der Waals surface area contributed by atoms with Gasteiger partial charge in [-0.25, -0.2) is 13.6 Å². The predicted octanol–water partition coefficient (Wildman–Crippen LogP) is 1.17. The number of halogens is 2. The van der Waals surface area contributed by atoms with Crippen LogP contribution in [0.5, 0.6) is 0 Å². The summed E-state index contributed by atoms with van der Waals surface area (Å²) in [5.41, 5.74) is -0.573. The molecule has 1 saturated heterocycles. The first-order valence-electron chi connectivity index (χ1n) is 6.83. The second-order valence-electron chi connectivity index (χ2n) is 5.00. The average Bonchev–Trinajstić information content (AvgIpc) is 2.64. The van der Waals surface area contributed by atoms with E-state index in [0.717, 1.165) is 25.1 Å². The van der Waals surface area contributed by atoms with Gasteiger partial charge in [0.15, 0.2) is 0 Å². The lowest BCUT2D eigenvalue weighted by atomic mass is 10.1. The first-order chi connectivity index (χ1) is 10.0. The van der Waals surface area contributed by atoms with Crippen LogP contribution in [-0.2, 0) is 0 Å². The number of hydrogen-bond acceptors (Lipinski definition) is 4. The van der Waals surface area contributed by atoms with E-state index in [1.54, 1.807) is 4.90 Å². The van der Waals surface area contributed by atoms with Crippen LogP contribution in [-0.4, -0.2) is 60.4 Å². The Morgan fingerprint density at radius 2 is 1.81 bits per heavy atom. The van der Waals surface area contributed by atoms with Crippen molar-refractivity contribution in [2.75, 3.05) is 44.2 Å². The maximum Gasteiger partial charge on any atom is 0.335 e. The Kier molecular flexibility index (Phi) is 5.08. The summed E-state index contributed by atoms with van der Waals surface area (Å²) >= 11 is 0. The van der Waals surface area contributed by atoms with Crippen molar-refractivity contribution in [1.82, 2.24) is 4.90 Å². The lowest BCUT2D eigenvalue weighted by molar-refractivity contribution is 0.0695. The van der Waals surface area contributed by atoms with E-state index in [0.29, 0.717) is 26.2 Å². The van der Waals surface area contributed by atoms with Crippen molar-refractivity contribution in [2.24, 2.45) is 0 Å². The van der Waals surface area contributed by atoms with Crippen LogP contribution < -0.4 is 4.90 Å². The molecular formula is C14H18F2N2O3. The molecule has 0 saturated carbocycles. The van der Waals surface area contributed by atoms with Crippen LogP contribution in [0, 0.1) is 11.6 Å². The molecule has 2 N–H and O–H groups in total. The van der Waals surface area contributed by atoms with Gasteiger partial charge in [0.25, 0.3) is 0 Å². The van der Waals surface area contributed by atoms with Gasteiger partial charge in [0.2, 0.25) is 0 Å². The van der Waals surface area contributed by atoms with Crippen LogP contribution in [0.3, 0.4) is 0 Å². The first kappa shape index (κ1) is 15.7. The van der Waals surface area contributed by atoms with E-state index in [2.05, 4.69) is 0 Å². The Balaban J connectivity index is 2.20. The van der Waals surface area contributed by atoms with Gasteiger partial charge in [0.1, 0.15) is 17.3 Å². The number of β-amino-alcohol motifs (C(OH)–C–C–N with tert-alkyl or cyclic N) is 1. The zero-order valence-corrected chi connectivity index (χ0v) is 11.6. The summed E-state index contributed by atoms with van der Waals surface area (Å²) in [4.78, 5) is 14.4. The fourth-order valence-electron chi connectivity index (χ4n) is 2.55. The molecule has 2 rings (SSSR count). The molecule has 0 atom stereocenters. The Hall–Kier alpha value is -1.73. The maximum absolute atomic E-state index is 14.0. The number of hydrogen-bond donors (Lipinski definition) is 2. The number of aliphatic hydroxyl groups excluding tert-OH is 1. The van der Waals surface area contributed by atoms with E-state index in [-0.39, 0.29) is 12.3 Å². The zero-order valence-electron chi connectivity index (χ0n) is 11.6. The van der Waals surface area contributed by atoms with Crippen molar-refractivity contribution < 1.29 is 23.8 Å². The summed E-state index contributed by atoms with van der Waals surface area (Å²) in [6.45, 7) is 2.86. The van der Waals surface area contributed by atoms with Crippen LogP contribution in [0.15, 0.2) is 12.1 Å². The topological polar surface area (TPSA) is 64.0 Å². The third-order valence-electron chi connectivity index (χ3n) is 3.58. The summed E-state index contributed by atoms with van der Waals surface area (Å²) in [5, 5.41) is 17.7. The molecule has 1 aromatic carbocycles. The van der Waals surface area contributed by atoms with Gasteiger partial charge < -0.3 is 15.1 Å². The third-order valence-corrected chi connectivity index (χ3v) is 3.58. The van der Waals surface area contributed by atoms with Crippen molar-refractivity contribution in [1.29, 1.82) is 0 Å². The van der Waals surface area contributed by atoms with Crippen molar-refractivity contribution >= 4 is 11.7 Å². The molecule has 0 aliphatic carbocycles. The van der Waals surface area contributed by atoms with Crippen molar-refractivity contribution in [3.05, 3.63) is 29.3 Å². The minimum absolute atomic E-state index is 0.0516. The first-order valence-corrected chi connectivity index (χ1v) is 6.83. The van der Waals surface area contributed by atoms with Crippen LogP contribution in [0.4, 0.5) is 14.5 Å². The minimum atomic E-state index is -1.36. The highest BCUT2D eigenvalue weighted by Crippen LogP contribution is 2.26. The summed E-state index contributed by atoms with van der Waals surface area (Å²) in [6.07, 6.45) is 0.722. The Morgan fingerprint density at radius 3 is 2.38 bits per heavy atom. The standard InChI is InChI=1S/C14H18F2N2O3/c15-11-8-10(14(20)21)9-12(16)13(11)18-3-1-2-17(4-5-18)6-7-19/h8-9,19H,1-7H2,(H,20,21). The number of aliphatic hydroxyl groups is 1. The predicted molar refractivity (Wildman–Crippen MR) is 73.7 cm³/mol. The molecule has 1 aliphatic heterocycles. The number of nitrogens with zero attached hydrogens (tertiary/aromatic N) is 2. The van der Waals surface area contributed by atoms with Crippen LogP contribution in [0.2, 0.25) is 0 Å². The van der Waals surface area contributed by atoms with Gasteiger partial charge in [0.05, 0.1) is 12.2 Å². The number of anilines is 1. The molecule has 0 aromatic heterocycles. The molecule has 0 unspecified atom stereocenters. The molecular weight excluding hydrogens is 282 g/mol. The van der Waals surface area contributed by atoms with Crippen molar-refractivity contribution in [2.45, 2.75) is 6.42 Å². The second-order valence-corrected chi connectivity index (χ2v) is 5.00. The van der Waals surface area contributed by atoms with Crippen LogP contribution >= 0.6 is 0 Å². The van der Waals surface area contributed by atoms with Gasteiger partial charge in [-0.05, 0) is 25.1 Å². The molecule has 1 heterocycles. The summed E-state index contributed by atoms with van der Waals surface area (Å²) in [7, 11) is 0. The van der Waals surface area contributed by atoms with Crippen molar-refractivity contribution in [3.63, 3.8) is 0 Å². The minimum Gasteiger partial charge on any atom is -0.478 e. The zero-order chi connectivity index (χ0) is 15.4. The number of carbonyl (C=O) groups is 1. The lowest BCUT2D eigenvalue weighted by Crippen LogP contribution is -2.33. The van der Waals surface area contributed by atoms with Crippen LogP contribution in [0.1, 0.15) is 16.8 Å². The molecule has 5 nitrogen and oxygen atoms in total. The maximum atomic E-state index is 14.0. The van der Waals surface area contributed by atoms with Crippen LogP contribution in [0.25, 0.3) is 0 Å². The normalized spacial score (nSPS) is 16.8. The van der Waals surface area contributed by atoms with E-state index in [1.165, 1.54) is 0 Å². The fraction of sp³-hybridized carbons (Fsp3) is 0.500. The van der Waals surface area contributed by atoms with E-state index >= 15 is 0 Å². The second kappa shape index (κ2) is 6.82. The molecule has 116 valence electrons. The Bertz CT molecular complexity index is 502. The van der Waals surface area contributed by atoms with Gasteiger partial charge in [-0.15, -0.1) is 0 Å². The molecule has 1 aliphatic rings. The monoisotopic (exact) mass is 300 g/mol. The number of carboxylic acid groups (broad SMARTS) is 1. The van der Waals surface area contributed by atoms with E-state index in [4.69, 9.17) is 10.2 Å². The van der Waals surface area contributed by atoms with Gasteiger partial charge in [0, 0.05) is 26.2 Å². The lowest BCUT2D eigenvalue weighted by Gasteiger charge is -2.24. The molecule has 0 radical (unpaired) electrons. The summed E-state index contributed by atoms with van der Waals surface area (Å²) in [6, 6.07) is 1.69. The molecule has 0 amide bonds. The highest BCUT2D eigenvalue weighted by atomic mass is 19.1. The fourth-order valence-corrected chi connectivity index (χ4v) is 2.55. The molecule has 7 heteroatoms. The third kappa shape index (κ3) is 3.68. The highest BCUT2D eigenvalue weighted by molar-refractivity contribution is 5.88.